The fourth-order valence-electron chi connectivity index (χ4n) is 4.10. The Bertz CT molecular complexity index is 969. The Balaban J connectivity index is 1.09. The first-order valence-electron chi connectivity index (χ1n) is 11.8. The van der Waals surface area contributed by atoms with Gasteiger partial charge in [0.15, 0.2) is 6.61 Å². The SMILES string of the molecule is O=C(COc1ccc(Cc2ccccc2)cc1)NCCN1CCN(Cc2ccccc2)CC1. The van der Waals surface area contributed by atoms with Crippen molar-refractivity contribution in [3.05, 3.63) is 102 Å². The van der Waals surface area contributed by atoms with E-state index in [0.29, 0.717) is 6.54 Å². The highest BCUT2D eigenvalue weighted by molar-refractivity contribution is 5.77. The molecule has 172 valence electrons. The van der Waals surface area contributed by atoms with Crippen LogP contribution >= 0.6 is 0 Å². The van der Waals surface area contributed by atoms with Gasteiger partial charge in [-0.3, -0.25) is 14.6 Å². The molecule has 0 bridgehead atoms. The number of carbonyl (C=O) groups excluding carboxylic acids is 1. The molecule has 5 nitrogen and oxygen atoms in total. The van der Waals surface area contributed by atoms with Gasteiger partial charge in [0.2, 0.25) is 0 Å². The molecule has 3 aromatic carbocycles. The lowest BCUT2D eigenvalue weighted by Gasteiger charge is -2.34. The van der Waals surface area contributed by atoms with E-state index in [9.17, 15) is 4.79 Å². The third kappa shape index (κ3) is 7.74. The number of ether oxygens (including phenoxy) is 1. The number of hydrogen-bond donors (Lipinski definition) is 1. The molecule has 3 aromatic rings. The molecule has 0 saturated carbocycles. The minimum atomic E-state index is -0.0777. The minimum absolute atomic E-state index is 0.0445. The number of nitrogens with one attached hydrogen (secondary N) is 1. The van der Waals surface area contributed by atoms with E-state index in [1.54, 1.807) is 0 Å². The van der Waals surface area contributed by atoms with Crippen LogP contribution in [0.5, 0.6) is 5.75 Å². The van der Waals surface area contributed by atoms with Crippen molar-refractivity contribution in [3.8, 4) is 5.75 Å². The van der Waals surface area contributed by atoms with Gasteiger partial charge < -0.3 is 10.1 Å². The van der Waals surface area contributed by atoms with E-state index in [1.165, 1.54) is 16.7 Å². The molecular weight excluding hydrogens is 410 g/mol. The van der Waals surface area contributed by atoms with Crippen LogP contribution < -0.4 is 10.1 Å². The Hall–Kier alpha value is -3.15. The Labute approximate surface area is 197 Å². The molecule has 4 rings (SSSR count). The Morgan fingerprint density at radius 1 is 0.727 bits per heavy atom. The van der Waals surface area contributed by atoms with Gasteiger partial charge in [-0.1, -0.05) is 72.8 Å². The van der Waals surface area contributed by atoms with Gasteiger partial charge in [0, 0.05) is 45.8 Å². The molecule has 0 radical (unpaired) electrons. The van der Waals surface area contributed by atoms with Crippen LogP contribution in [0.3, 0.4) is 0 Å². The number of amides is 1. The second-order valence-electron chi connectivity index (χ2n) is 8.55. The number of benzene rings is 3. The molecule has 33 heavy (non-hydrogen) atoms. The average molecular weight is 444 g/mol. The first-order chi connectivity index (χ1) is 16.2. The zero-order valence-corrected chi connectivity index (χ0v) is 19.2. The number of rotatable bonds is 10. The minimum Gasteiger partial charge on any atom is -0.484 e. The second kappa shape index (κ2) is 12.2. The summed E-state index contributed by atoms with van der Waals surface area (Å²) in [6.07, 6.45) is 0.891. The molecule has 1 heterocycles. The molecular formula is C28H33N3O2. The maximum absolute atomic E-state index is 12.2. The van der Waals surface area contributed by atoms with Gasteiger partial charge in [-0.15, -0.1) is 0 Å². The lowest BCUT2D eigenvalue weighted by molar-refractivity contribution is -0.123. The van der Waals surface area contributed by atoms with E-state index >= 15 is 0 Å². The lowest BCUT2D eigenvalue weighted by Crippen LogP contribution is -2.48. The zero-order chi connectivity index (χ0) is 22.7. The van der Waals surface area contributed by atoms with Crippen LogP contribution in [0.2, 0.25) is 0 Å². The number of hydrogen-bond acceptors (Lipinski definition) is 4. The molecule has 0 aliphatic carbocycles. The molecule has 0 atom stereocenters. The summed E-state index contributed by atoms with van der Waals surface area (Å²) in [6, 6.07) is 29.0. The van der Waals surface area contributed by atoms with Gasteiger partial charge in [-0.25, -0.2) is 0 Å². The first-order valence-corrected chi connectivity index (χ1v) is 11.8. The summed E-state index contributed by atoms with van der Waals surface area (Å²) in [5, 5.41) is 2.98. The van der Waals surface area contributed by atoms with Crippen molar-refractivity contribution in [2.75, 3.05) is 45.9 Å². The summed E-state index contributed by atoms with van der Waals surface area (Å²) in [6.45, 7) is 6.77. The van der Waals surface area contributed by atoms with Crippen LogP contribution in [0.25, 0.3) is 0 Å². The van der Waals surface area contributed by atoms with E-state index in [4.69, 9.17) is 4.74 Å². The summed E-state index contributed by atoms with van der Waals surface area (Å²) in [5.41, 5.74) is 3.87. The van der Waals surface area contributed by atoms with Gasteiger partial charge in [0.1, 0.15) is 5.75 Å². The van der Waals surface area contributed by atoms with Crippen molar-refractivity contribution in [1.82, 2.24) is 15.1 Å². The fourth-order valence-corrected chi connectivity index (χ4v) is 4.10. The van der Waals surface area contributed by atoms with Crippen LogP contribution in [-0.2, 0) is 17.8 Å². The van der Waals surface area contributed by atoms with Gasteiger partial charge in [0.05, 0.1) is 0 Å². The van der Waals surface area contributed by atoms with E-state index < -0.39 is 0 Å². The predicted molar refractivity (Wildman–Crippen MR) is 132 cm³/mol. The van der Waals surface area contributed by atoms with Crippen LogP contribution in [-0.4, -0.2) is 61.6 Å². The molecule has 5 heteroatoms. The number of carbonyl (C=O) groups is 1. The summed E-state index contributed by atoms with van der Waals surface area (Å²) < 4.78 is 5.65. The first kappa shape index (κ1) is 23.0. The molecule has 1 amide bonds. The molecule has 1 N–H and O–H groups in total. The summed E-state index contributed by atoms with van der Waals surface area (Å²) in [7, 11) is 0. The maximum atomic E-state index is 12.2. The molecule has 1 aliphatic rings. The van der Waals surface area contributed by atoms with Crippen molar-refractivity contribution in [2.24, 2.45) is 0 Å². The highest BCUT2D eigenvalue weighted by Crippen LogP contribution is 2.15. The van der Waals surface area contributed by atoms with Gasteiger partial charge >= 0.3 is 0 Å². The summed E-state index contributed by atoms with van der Waals surface area (Å²) in [4.78, 5) is 17.1. The standard InChI is InChI=1S/C28H33N3O2/c32-28(23-33-27-13-11-25(12-14-27)21-24-7-3-1-4-8-24)29-15-16-30-17-19-31(20-18-30)22-26-9-5-2-6-10-26/h1-14H,15-23H2,(H,29,32). The van der Waals surface area contributed by atoms with E-state index in [1.807, 2.05) is 18.2 Å². The van der Waals surface area contributed by atoms with Crippen molar-refractivity contribution in [3.63, 3.8) is 0 Å². The fraction of sp³-hybridized carbons (Fsp3) is 0.321. The molecule has 0 unspecified atom stereocenters. The zero-order valence-electron chi connectivity index (χ0n) is 19.2. The van der Waals surface area contributed by atoms with Gasteiger partial charge in [-0.05, 0) is 35.2 Å². The van der Waals surface area contributed by atoms with Crippen LogP contribution in [0.4, 0.5) is 0 Å². The molecule has 1 aliphatic heterocycles. The lowest BCUT2D eigenvalue weighted by atomic mass is 10.1. The van der Waals surface area contributed by atoms with Crippen LogP contribution in [0, 0.1) is 0 Å². The predicted octanol–water partition coefficient (Wildman–Crippen LogP) is 3.59. The highest BCUT2D eigenvalue weighted by Gasteiger charge is 2.16. The monoisotopic (exact) mass is 443 g/mol. The van der Waals surface area contributed by atoms with E-state index in [2.05, 4.69) is 81.8 Å². The third-order valence-electron chi connectivity index (χ3n) is 6.01. The van der Waals surface area contributed by atoms with Gasteiger partial charge in [0.25, 0.3) is 5.91 Å². The molecule has 1 saturated heterocycles. The number of nitrogens with zero attached hydrogens (tertiary/aromatic N) is 2. The second-order valence-corrected chi connectivity index (χ2v) is 8.55. The van der Waals surface area contributed by atoms with Crippen LogP contribution in [0.1, 0.15) is 16.7 Å². The van der Waals surface area contributed by atoms with Crippen molar-refractivity contribution in [2.45, 2.75) is 13.0 Å². The molecule has 1 fully saturated rings. The quantitative estimate of drug-likeness (QED) is 0.520. The Morgan fingerprint density at radius 3 is 1.97 bits per heavy atom. The Morgan fingerprint density at radius 2 is 1.30 bits per heavy atom. The average Bonchev–Trinajstić information content (AvgIpc) is 2.86. The topological polar surface area (TPSA) is 44.8 Å². The van der Waals surface area contributed by atoms with Gasteiger partial charge in [-0.2, -0.15) is 0 Å². The maximum Gasteiger partial charge on any atom is 0.257 e. The smallest absolute Gasteiger partial charge is 0.257 e. The molecule has 0 aromatic heterocycles. The summed E-state index contributed by atoms with van der Waals surface area (Å²) in [5.74, 6) is 0.641. The van der Waals surface area contributed by atoms with Crippen molar-refractivity contribution in [1.29, 1.82) is 0 Å². The highest BCUT2D eigenvalue weighted by atomic mass is 16.5. The van der Waals surface area contributed by atoms with Crippen LogP contribution in [0.15, 0.2) is 84.9 Å². The van der Waals surface area contributed by atoms with E-state index in [-0.39, 0.29) is 12.5 Å². The largest absolute Gasteiger partial charge is 0.484 e. The van der Waals surface area contributed by atoms with Crippen molar-refractivity contribution >= 4 is 5.91 Å². The summed E-state index contributed by atoms with van der Waals surface area (Å²) >= 11 is 0. The third-order valence-corrected chi connectivity index (χ3v) is 6.01. The molecule has 0 spiro atoms. The van der Waals surface area contributed by atoms with E-state index in [0.717, 1.165) is 51.4 Å². The normalized spacial score (nSPS) is 14.7. The Kier molecular flexibility index (Phi) is 8.50. The van der Waals surface area contributed by atoms with Crippen molar-refractivity contribution < 1.29 is 9.53 Å². The number of piperazine rings is 1.